The monoisotopic (exact) mass is 501 g/mol. The molecule has 190 valence electrons. The number of hydrogen-bond acceptors (Lipinski definition) is 7. The Bertz CT molecular complexity index is 1340. The van der Waals surface area contributed by atoms with Gasteiger partial charge in [0, 0.05) is 38.2 Å². The molecule has 0 radical (unpaired) electrons. The Morgan fingerprint density at radius 1 is 1.27 bits per heavy atom. The van der Waals surface area contributed by atoms with Crippen LogP contribution in [0.1, 0.15) is 37.4 Å². The SMILES string of the molecule is CCN=CN(c1cccc(C#N)c1)c1ncc(N(C)CC)c(N(C=O)[C@@H]2CCOc3cc(F)ccc32)n1. The van der Waals surface area contributed by atoms with Crippen LogP contribution in [-0.4, -0.2) is 49.5 Å². The van der Waals surface area contributed by atoms with Crippen LogP contribution in [0.2, 0.25) is 0 Å². The summed E-state index contributed by atoms with van der Waals surface area (Å²) in [4.78, 5) is 31.6. The summed E-state index contributed by atoms with van der Waals surface area (Å²) in [6, 6.07) is 13.1. The lowest BCUT2D eigenvalue weighted by Crippen LogP contribution is -2.34. The van der Waals surface area contributed by atoms with Crippen LogP contribution in [0, 0.1) is 17.1 Å². The number of nitrogens with zero attached hydrogens (tertiary/aromatic N) is 7. The van der Waals surface area contributed by atoms with Gasteiger partial charge in [0.05, 0.1) is 48.2 Å². The molecule has 0 N–H and O–H groups in total. The number of nitriles is 1. The van der Waals surface area contributed by atoms with Gasteiger partial charge in [-0.15, -0.1) is 0 Å². The second-order valence-electron chi connectivity index (χ2n) is 8.39. The van der Waals surface area contributed by atoms with Gasteiger partial charge in [0.25, 0.3) is 0 Å². The van der Waals surface area contributed by atoms with Crippen molar-refractivity contribution in [2.45, 2.75) is 26.3 Å². The van der Waals surface area contributed by atoms with E-state index in [1.807, 2.05) is 31.9 Å². The summed E-state index contributed by atoms with van der Waals surface area (Å²) in [5.41, 5.74) is 2.50. The molecular weight excluding hydrogens is 473 g/mol. The van der Waals surface area contributed by atoms with E-state index in [2.05, 4.69) is 16.0 Å². The van der Waals surface area contributed by atoms with Gasteiger partial charge < -0.3 is 9.64 Å². The largest absolute Gasteiger partial charge is 0.493 e. The molecule has 2 aromatic carbocycles. The van der Waals surface area contributed by atoms with Gasteiger partial charge in [0.1, 0.15) is 11.6 Å². The van der Waals surface area contributed by atoms with Gasteiger partial charge in [-0.3, -0.25) is 19.6 Å². The Balaban J connectivity index is 1.86. The van der Waals surface area contributed by atoms with Crippen LogP contribution < -0.4 is 19.4 Å². The van der Waals surface area contributed by atoms with E-state index in [0.29, 0.717) is 60.2 Å². The van der Waals surface area contributed by atoms with E-state index < -0.39 is 11.9 Å². The van der Waals surface area contributed by atoms with Gasteiger partial charge in [0.2, 0.25) is 12.4 Å². The fourth-order valence-electron chi connectivity index (χ4n) is 4.13. The first kappa shape index (κ1) is 25.6. The van der Waals surface area contributed by atoms with Gasteiger partial charge >= 0.3 is 0 Å². The minimum absolute atomic E-state index is 0.286. The third kappa shape index (κ3) is 5.35. The van der Waals surface area contributed by atoms with Crippen molar-refractivity contribution in [1.82, 2.24) is 9.97 Å². The summed E-state index contributed by atoms with van der Waals surface area (Å²) in [5.74, 6) is 0.692. The number of rotatable bonds is 9. The zero-order valence-corrected chi connectivity index (χ0v) is 21.0. The molecule has 3 aromatic rings. The molecule has 1 amide bonds. The van der Waals surface area contributed by atoms with Crippen LogP contribution in [0.5, 0.6) is 5.75 Å². The molecule has 0 unspecified atom stereocenters. The molecule has 0 bridgehead atoms. The number of hydrogen-bond donors (Lipinski definition) is 0. The number of fused-ring (bicyclic) bond motifs is 1. The summed E-state index contributed by atoms with van der Waals surface area (Å²) < 4.78 is 19.5. The first-order valence-electron chi connectivity index (χ1n) is 12.0. The van der Waals surface area contributed by atoms with Crippen LogP contribution >= 0.6 is 0 Å². The number of ether oxygens (including phenoxy) is 1. The van der Waals surface area contributed by atoms with E-state index in [1.54, 1.807) is 46.6 Å². The zero-order chi connectivity index (χ0) is 26.4. The quantitative estimate of drug-likeness (QED) is 0.240. The molecule has 0 saturated carbocycles. The van der Waals surface area contributed by atoms with E-state index in [9.17, 15) is 14.4 Å². The maximum atomic E-state index is 13.9. The molecule has 37 heavy (non-hydrogen) atoms. The van der Waals surface area contributed by atoms with Crippen molar-refractivity contribution in [2.75, 3.05) is 41.4 Å². The molecule has 4 rings (SSSR count). The third-order valence-corrected chi connectivity index (χ3v) is 6.15. The van der Waals surface area contributed by atoms with Gasteiger partial charge in [-0.2, -0.15) is 10.2 Å². The van der Waals surface area contributed by atoms with Crippen molar-refractivity contribution in [3.8, 4) is 11.8 Å². The van der Waals surface area contributed by atoms with Crippen LogP contribution in [-0.2, 0) is 4.79 Å². The Morgan fingerprint density at radius 2 is 2.11 bits per heavy atom. The van der Waals surface area contributed by atoms with E-state index >= 15 is 0 Å². The van der Waals surface area contributed by atoms with Crippen LogP contribution in [0.4, 0.5) is 27.5 Å². The number of amides is 1. The first-order valence-corrected chi connectivity index (χ1v) is 12.0. The van der Waals surface area contributed by atoms with E-state index in [1.165, 1.54) is 12.1 Å². The topological polar surface area (TPSA) is 98.0 Å². The molecule has 1 aliphatic rings. The highest BCUT2D eigenvalue weighted by molar-refractivity contribution is 5.89. The van der Waals surface area contributed by atoms with Crippen molar-refractivity contribution < 1.29 is 13.9 Å². The molecule has 9 nitrogen and oxygen atoms in total. The number of aliphatic imine (C=N–C) groups is 1. The predicted octanol–water partition coefficient (Wildman–Crippen LogP) is 4.62. The van der Waals surface area contributed by atoms with Gasteiger partial charge in [-0.1, -0.05) is 12.1 Å². The normalized spacial score (nSPS) is 14.4. The van der Waals surface area contributed by atoms with Crippen LogP contribution in [0.15, 0.2) is 53.7 Å². The Hall–Kier alpha value is -4.52. The minimum atomic E-state index is -0.409. The summed E-state index contributed by atoms with van der Waals surface area (Å²) in [6.45, 7) is 5.42. The second kappa shape index (κ2) is 11.5. The van der Waals surface area contributed by atoms with Crippen molar-refractivity contribution >= 4 is 35.9 Å². The highest BCUT2D eigenvalue weighted by Gasteiger charge is 2.31. The van der Waals surface area contributed by atoms with E-state index in [-0.39, 0.29) is 5.95 Å². The van der Waals surface area contributed by atoms with E-state index in [0.717, 1.165) is 6.41 Å². The van der Waals surface area contributed by atoms with Gasteiger partial charge in [-0.05, 0) is 38.1 Å². The molecule has 1 aromatic heterocycles. The number of carbonyl (C=O) groups is 1. The average Bonchev–Trinajstić information content (AvgIpc) is 2.93. The van der Waals surface area contributed by atoms with E-state index in [4.69, 9.17) is 9.72 Å². The van der Waals surface area contributed by atoms with Crippen molar-refractivity contribution in [3.05, 3.63) is 65.6 Å². The molecule has 0 saturated heterocycles. The van der Waals surface area contributed by atoms with Gasteiger partial charge in [-0.25, -0.2) is 9.37 Å². The molecule has 10 heteroatoms. The number of benzene rings is 2. The fraction of sp³-hybridized carbons (Fsp3) is 0.296. The van der Waals surface area contributed by atoms with Crippen molar-refractivity contribution in [3.63, 3.8) is 0 Å². The standard InChI is InChI=1S/C27H28FN7O2/c1-4-30-17-34(21-8-6-7-19(13-21)15-29)27-31-16-24(33(3)5-2)26(32-27)35(18-36)23-11-12-37-25-14-20(28)9-10-22(23)25/h6-10,13-14,16-18,23H,4-5,11-12H2,1-3H3/t23-/m1/s1. The van der Waals surface area contributed by atoms with Crippen LogP contribution in [0.25, 0.3) is 0 Å². The Labute approximate surface area is 215 Å². The Morgan fingerprint density at radius 3 is 2.84 bits per heavy atom. The maximum Gasteiger partial charge on any atom is 0.237 e. The maximum absolute atomic E-state index is 13.9. The number of anilines is 4. The highest BCUT2D eigenvalue weighted by atomic mass is 19.1. The summed E-state index contributed by atoms with van der Waals surface area (Å²) in [5, 5.41) is 9.39. The lowest BCUT2D eigenvalue weighted by atomic mass is 9.99. The van der Waals surface area contributed by atoms with Crippen molar-refractivity contribution in [1.29, 1.82) is 5.26 Å². The molecule has 0 fully saturated rings. The minimum Gasteiger partial charge on any atom is -0.493 e. The number of carbonyl (C=O) groups excluding carboxylic acids is 1. The predicted molar refractivity (Wildman–Crippen MR) is 141 cm³/mol. The summed E-state index contributed by atoms with van der Waals surface area (Å²) in [7, 11) is 1.89. The first-order chi connectivity index (χ1) is 18.0. The Kier molecular flexibility index (Phi) is 7.93. The lowest BCUT2D eigenvalue weighted by molar-refractivity contribution is -0.108. The second-order valence-corrected chi connectivity index (χ2v) is 8.39. The van der Waals surface area contributed by atoms with Crippen LogP contribution in [0.3, 0.4) is 0 Å². The summed E-state index contributed by atoms with van der Waals surface area (Å²) in [6.07, 6.45) is 4.53. The average molecular weight is 502 g/mol. The van der Waals surface area contributed by atoms with Crippen molar-refractivity contribution in [2.24, 2.45) is 4.99 Å². The fourth-order valence-corrected chi connectivity index (χ4v) is 4.13. The molecular formula is C27H28FN7O2. The van der Waals surface area contributed by atoms with Gasteiger partial charge in [0.15, 0.2) is 5.82 Å². The molecule has 0 spiro atoms. The zero-order valence-electron chi connectivity index (χ0n) is 21.0. The highest BCUT2D eigenvalue weighted by Crippen LogP contribution is 2.40. The number of halogens is 1. The number of aromatic nitrogens is 2. The lowest BCUT2D eigenvalue weighted by Gasteiger charge is -2.35. The molecule has 0 aliphatic carbocycles. The molecule has 1 aliphatic heterocycles. The molecule has 1 atom stereocenters. The molecule has 2 heterocycles. The summed E-state index contributed by atoms with van der Waals surface area (Å²) >= 11 is 0. The smallest absolute Gasteiger partial charge is 0.237 e. The third-order valence-electron chi connectivity index (χ3n) is 6.15.